The molecule has 4 nitrogen and oxygen atoms in total. The second-order valence-electron chi connectivity index (χ2n) is 3.67. The normalized spacial score (nSPS) is 12.1. The summed E-state index contributed by atoms with van der Waals surface area (Å²) >= 11 is 0. The molecule has 0 bridgehead atoms. The Balaban J connectivity index is 2.51. The van der Waals surface area contributed by atoms with Crippen LogP contribution in [0.5, 0.6) is 5.75 Å². The summed E-state index contributed by atoms with van der Waals surface area (Å²) in [4.78, 5) is 10.6. The van der Waals surface area contributed by atoms with Gasteiger partial charge in [-0.1, -0.05) is 12.1 Å². The lowest BCUT2D eigenvalue weighted by Crippen LogP contribution is -2.24. The average molecular weight is 222 g/mol. The molecule has 88 valence electrons. The van der Waals surface area contributed by atoms with Gasteiger partial charge in [0.2, 0.25) is 5.91 Å². The number of methoxy groups -OCH3 is 1. The Labute approximate surface area is 95.8 Å². The highest BCUT2D eigenvalue weighted by molar-refractivity contribution is 5.73. The van der Waals surface area contributed by atoms with Gasteiger partial charge < -0.3 is 15.8 Å². The quantitative estimate of drug-likeness (QED) is 0.760. The van der Waals surface area contributed by atoms with E-state index >= 15 is 0 Å². The maximum absolute atomic E-state index is 10.6. The van der Waals surface area contributed by atoms with Gasteiger partial charge in [-0.2, -0.15) is 0 Å². The van der Waals surface area contributed by atoms with Gasteiger partial charge in [0.25, 0.3) is 0 Å². The van der Waals surface area contributed by atoms with E-state index in [4.69, 9.17) is 10.5 Å². The van der Waals surface area contributed by atoms with Crippen molar-refractivity contribution < 1.29 is 9.53 Å². The summed E-state index contributed by atoms with van der Waals surface area (Å²) in [6, 6.07) is 8.02. The van der Waals surface area contributed by atoms with Crippen LogP contribution >= 0.6 is 0 Å². The molecule has 1 aromatic carbocycles. The summed E-state index contributed by atoms with van der Waals surface area (Å²) in [6.45, 7) is 2.63. The molecule has 0 aromatic heterocycles. The van der Waals surface area contributed by atoms with Crippen LogP contribution in [0.3, 0.4) is 0 Å². The molecule has 1 aromatic rings. The van der Waals surface area contributed by atoms with Gasteiger partial charge in [-0.05, 0) is 24.6 Å². The Kier molecular flexibility index (Phi) is 4.79. The molecule has 0 aliphatic rings. The minimum absolute atomic E-state index is 0.175. The summed E-state index contributed by atoms with van der Waals surface area (Å²) in [6.07, 6.45) is 0.355. The molecule has 0 aliphatic heterocycles. The van der Waals surface area contributed by atoms with E-state index in [2.05, 4.69) is 5.32 Å². The van der Waals surface area contributed by atoms with Crippen molar-refractivity contribution in [2.45, 2.75) is 19.4 Å². The van der Waals surface area contributed by atoms with Gasteiger partial charge in [0.15, 0.2) is 0 Å². The van der Waals surface area contributed by atoms with Crippen molar-refractivity contribution in [3.8, 4) is 5.75 Å². The molecule has 16 heavy (non-hydrogen) atoms. The minimum Gasteiger partial charge on any atom is -0.497 e. The molecule has 1 atom stereocenters. The van der Waals surface area contributed by atoms with E-state index in [0.717, 1.165) is 11.3 Å². The number of nitrogens with two attached hydrogens (primary N) is 1. The smallest absolute Gasteiger partial charge is 0.218 e. The van der Waals surface area contributed by atoms with Gasteiger partial charge in [-0.3, -0.25) is 4.79 Å². The Morgan fingerprint density at radius 2 is 2.31 bits per heavy atom. The molecule has 0 aliphatic carbocycles. The van der Waals surface area contributed by atoms with Crippen LogP contribution in [0.25, 0.3) is 0 Å². The van der Waals surface area contributed by atoms with Gasteiger partial charge in [-0.15, -0.1) is 0 Å². The van der Waals surface area contributed by atoms with E-state index in [0.29, 0.717) is 13.0 Å². The number of ether oxygens (including phenoxy) is 1. The van der Waals surface area contributed by atoms with Crippen molar-refractivity contribution in [1.82, 2.24) is 5.32 Å². The number of benzene rings is 1. The largest absolute Gasteiger partial charge is 0.497 e. The fourth-order valence-electron chi connectivity index (χ4n) is 1.44. The van der Waals surface area contributed by atoms with Crippen molar-refractivity contribution in [3.05, 3.63) is 29.8 Å². The van der Waals surface area contributed by atoms with Crippen molar-refractivity contribution in [3.63, 3.8) is 0 Å². The second kappa shape index (κ2) is 6.12. The van der Waals surface area contributed by atoms with E-state index in [1.54, 1.807) is 7.11 Å². The van der Waals surface area contributed by atoms with Crippen molar-refractivity contribution in [2.75, 3.05) is 13.7 Å². The molecule has 4 heteroatoms. The van der Waals surface area contributed by atoms with Gasteiger partial charge >= 0.3 is 0 Å². The van der Waals surface area contributed by atoms with Gasteiger partial charge in [0.05, 0.1) is 7.11 Å². The van der Waals surface area contributed by atoms with Crippen molar-refractivity contribution >= 4 is 5.91 Å². The third kappa shape index (κ3) is 3.90. The zero-order chi connectivity index (χ0) is 12.0. The first-order valence-electron chi connectivity index (χ1n) is 5.29. The topological polar surface area (TPSA) is 64.3 Å². The van der Waals surface area contributed by atoms with E-state index in [1.807, 2.05) is 31.2 Å². The fourth-order valence-corrected chi connectivity index (χ4v) is 1.44. The van der Waals surface area contributed by atoms with Gasteiger partial charge in [-0.25, -0.2) is 0 Å². The Morgan fingerprint density at radius 1 is 1.56 bits per heavy atom. The predicted molar refractivity (Wildman–Crippen MR) is 63.2 cm³/mol. The van der Waals surface area contributed by atoms with E-state index in [-0.39, 0.29) is 11.9 Å². The summed E-state index contributed by atoms with van der Waals surface area (Å²) < 4.78 is 5.15. The Bertz CT molecular complexity index is 353. The lowest BCUT2D eigenvalue weighted by Gasteiger charge is -2.14. The summed E-state index contributed by atoms with van der Waals surface area (Å²) in [5, 5.41) is 3.23. The molecule has 1 unspecified atom stereocenters. The molecule has 3 N–H and O–H groups in total. The van der Waals surface area contributed by atoms with Crippen LogP contribution in [0, 0.1) is 0 Å². The van der Waals surface area contributed by atoms with Crippen molar-refractivity contribution in [1.29, 1.82) is 0 Å². The minimum atomic E-state index is -0.287. The third-order valence-corrected chi connectivity index (χ3v) is 2.42. The number of primary amides is 1. The number of hydrogen-bond acceptors (Lipinski definition) is 3. The van der Waals surface area contributed by atoms with Crippen LogP contribution in [0.4, 0.5) is 0 Å². The van der Waals surface area contributed by atoms with Crippen LogP contribution in [0.2, 0.25) is 0 Å². The number of carbonyl (C=O) groups is 1. The Hall–Kier alpha value is -1.55. The molecule has 0 saturated carbocycles. The lowest BCUT2D eigenvalue weighted by atomic mass is 10.1. The second-order valence-corrected chi connectivity index (χ2v) is 3.67. The van der Waals surface area contributed by atoms with Crippen LogP contribution < -0.4 is 15.8 Å². The molecule has 0 fully saturated rings. The van der Waals surface area contributed by atoms with Crippen LogP contribution in [0.15, 0.2) is 24.3 Å². The Morgan fingerprint density at radius 3 is 2.94 bits per heavy atom. The first-order valence-corrected chi connectivity index (χ1v) is 5.29. The molecule has 0 heterocycles. The molecular formula is C12H18N2O2. The summed E-state index contributed by atoms with van der Waals surface area (Å²) in [5.41, 5.74) is 6.19. The molecule has 0 saturated heterocycles. The lowest BCUT2D eigenvalue weighted by molar-refractivity contribution is -0.117. The predicted octanol–water partition coefficient (Wildman–Crippen LogP) is 1.22. The highest BCUT2D eigenvalue weighted by atomic mass is 16.5. The summed E-state index contributed by atoms with van der Waals surface area (Å²) in [7, 11) is 1.64. The molecular weight excluding hydrogens is 204 g/mol. The van der Waals surface area contributed by atoms with E-state index in [9.17, 15) is 4.79 Å². The zero-order valence-corrected chi connectivity index (χ0v) is 9.69. The monoisotopic (exact) mass is 222 g/mol. The van der Waals surface area contributed by atoms with E-state index in [1.165, 1.54) is 0 Å². The van der Waals surface area contributed by atoms with Gasteiger partial charge in [0.1, 0.15) is 5.75 Å². The maximum atomic E-state index is 10.6. The maximum Gasteiger partial charge on any atom is 0.218 e. The SMILES string of the molecule is COc1cccc(C(C)NCCC(N)=O)c1. The molecule has 1 amide bonds. The van der Waals surface area contributed by atoms with Crippen molar-refractivity contribution in [2.24, 2.45) is 5.73 Å². The fraction of sp³-hybridized carbons (Fsp3) is 0.417. The highest BCUT2D eigenvalue weighted by Gasteiger charge is 2.05. The van der Waals surface area contributed by atoms with Crippen LogP contribution in [0.1, 0.15) is 24.9 Å². The van der Waals surface area contributed by atoms with Gasteiger partial charge in [0, 0.05) is 19.0 Å². The van der Waals surface area contributed by atoms with Crippen LogP contribution in [-0.2, 0) is 4.79 Å². The number of amides is 1. The number of nitrogens with one attached hydrogen (secondary N) is 1. The van der Waals surface area contributed by atoms with E-state index < -0.39 is 0 Å². The number of rotatable bonds is 6. The third-order valence-electron chi connectivity index (χ3n) is 2.42. The first kappa shape index (κ1) is 12.5. The first-order chi connectivity index (χ1) is 7.63. The highest BCUT2D eigenvalue weighted by Crippen LogP contribution is 2.18. The average Bonchev–Trinajstić information content (AvgIpc) is 2.28. The standard InChI is InChI=1S/C12H18N2O2/c1-9(14-7-6-12(13)15)10-4-3-5-11(8-10)16-2/h3-5,8-9,14H,6-7H2,1-2H3,(H2,13,15). The molecule has 0 spiro atoms. The number of carbonyl (C=O) groups excluding carboxylic acids is 1. The van der Waals surface area contributed by atoms with Crippen LogP contribution in [-0.4, -0.2) is 19.6 Å². The molecule has 0 radical (unpaired) electrons. The zero-order valence-electron chi connectivity index (χ0n) is 9.69. The summed E-state index contributed by atoms with van der Waals surface area (Å²) in [5.74, 6) is 0.548. The molecule has 1 rings (SSSR count). The number of hydrogen-bond donors (Lipinski definition) is 2.